The minimum atomic E-state index is -0.324. The zero-order chi connectivity index (χ0) is 18.8. The molecule has 0 saturated carbocycles. The first-order valence-electron chi connectivity index (χ1n) is 7.99. The predicted molar refractivity (Wildman–Crippen MR) is 102 cm³/mol. The number of para-hydroxylation sites is 1. The van der Waals surface area contributed by atoms with Gasteiger partial charge in [0.25, 0.3) is 5.91 Å². The van der Waals surface area contributed by atoms with Crippen molar-refractivity contribution in [1.29, 1.82) is 0 Å². The molecular weight excluding hydrogens is 352 g/mol. The Morgan fingerprint density at radius 1 is 1.12 bits per heavy atom. The molecule has 8 heteroatoms. The van der Waals surface area contributed by atoms with Crippen LogP contribution >= 0.6 is 11.6 Å². The van der Waals surface area contributed by atoms with E-state index < -0.39 is 0 Å². The maximum atomic E-state index is 12.9. The van der Waals surface area contributed by atoms with Crippen molar-refractivity contribution in [2.24, 2.45) is 0 Å². The van der Waals surface area contributed by atoms with Gasteiger partial charge in [0.15, 0.2) is 5.82 Å². The normalized spacial score (nSPS) is 10.7. The van der Waals surface area contributed by atoms with Crippen molar-refractivity contribution < 1.29 is 4.79 Å². The molecule has 3 rings (SSSR count). The molecule has 1 aromatic carbocycles. The van der Waals surface area contributed by atoms with Crippen LogP contribution in [-0.2, 0) is 0 Å². The number of carbonyl (C=O) groups is 1. The molecule has 134 valence electrons. The number of rotatable bonds is 4. The molecule has 0 spiro atoms. The molecule has 0 fully saturated rings. The van der Waals surface area contributed by atoms with E-state index in [1.807, 2.05) is 43.3 Å². The number of aryl methyl sites for hydroxylation is 1. The second kappa shape index (κ2) is 7.13. The van der Waals surface area contributed by atoms with E-state index in [-0.39, 0.29) is 11.7 Å². The molecule has 2 aromatic heterocycles. The van der Waals surface area contributed by atoms with Gasteiger partial charge in [-0.25, -0.2) is 14.6 Å². The highest BCUT2D eigenvalue weighted by Gasteiger charge is 2.23. The van der Waals surface area contributed by atoms with E-state index in [1.54, 1.807) is 37.0 Å². The van der Waals surface area contributed by atoms with Gasteiger partial charge in [-0.1, -0.05) is 23.7 Å². The number of benzene rings is 1. The SMILES string of the molecule is Cc1nc(C(=O)N(C)c2cccnc2N(C)C)nn1-c1ccccc1Cl. The Balaban J connectivity index is 1.97. The third-order valence-electron chi connectivity index (χ3n) is 3.90. The molecule has 0 aliphatic heterocycles. The minimum absolute atomic E-state index is 0.0958. The fraction of sp³-hybridized carbons (Fsp3) is 0.222. The van der Waals surface area contributed by atoms with Crippen molar-refractivity contribution in [1.82, 2.24) is 19.7 Å². The molecule has 0 radical (unpaired) electrons. The average Bonchev–Trinajstić information content (AvgIpc) is 3.02. The molecule has 0 N–H and O–H groups in total. The number of halogens is 1. The van der Waals surface area contributed by atoms with Crippen LogP contribution in [0.1, 0.15) is 16.4 Å². The Hall–Kier alpha value is -2.93. The number of aromatic nitrogens is 4. The van der Waals surface area contributed by atoms with Gasteiger partial charge in [0.05, 0.1) is 16.4 Å². The zero-order valence-corrected chi connectivity index (χ0v) is 15.8. The molecule has 0 aliphatic carbocycles. The number of anilines is 2. The van der Waals surface area contributed by atoms with Gasteiger partial charge in [-0.05, 0) is 31.2 Å². The van der Waals surface area contributed by atoms with Crippen LogP contribution in [0, 0.1) is 6.92 Å². The summed E-state index contributed by atoms with van der Waals surface area (Å²) in [5.74, 6) is 1.04. The van der Waals surface area contributed by atoms with Crippen molar-refractivity contribution >= 4 is 29.0 Å². The van der Waals surface area contributed by atoms with E-state index in [2.05, 4.69) is 15.1 Å². The second-order valence-corrected chi connectivity index (χ2v) is 6.36. The number of carbonyl (C=O) groups excluding carboxylic acids is 1. The number of nitrogens with zero attached hydrogens (tertiary/aromatic N) is 6. The Morgan fingerprint density at radius 3 is 2.54 bits per heavy atom. The van der Waals surface area contributed by atoms with Crippen LogP contribution in [0.25, 0.3) is 5.69 Å². The number of hydrogen-bond acceptors (Lipinski definition) is 5. The molecule has 0 atom stereocenters. The van der Waals surface area contributed by atoms with Gasteiger partial charge < -0.3 is 9.80 Å². The Kier molecular flexibility index (Phi) is 4.90. The quantitative estimate of drug-likeness (QED) is 0.706. The van der Waals surface area contributed by atoms with Crippen LogP contribution < -0.4 is 9.80 Å². The maximum Gasteiger partial charge on any atom is 0.297 e. The number of pyridine rings is 1. The van der Waals surface area contributed by atoms with Crippen molar-refractivity contribution in [2.45, 2.75) is 6.92 Å². The first kappa shape index (κ1) is 17.9. The van der Waals surface area contributed by atoms with Crippen LogP contribution in [0.3, 0.4) is 0 Å². The highest BCUT2D eigenvalue weighted by Crippen LogP contribution is 2.25. The fourth-order valence-corrected chi connectivity index (χ4v) is 2.80. The average molecular weight is 371 g/mol. The third-order valence-corrected chi connectivity index (χ3v) is 4.22. The van der Waals surface area contributed by atoms with E-state index in [1.165, 1.54) is 4.90 Å². The lowest BCUT2D eigenvalue weighted by Crippen LogP contribution is -2.29. The summed E-state index contributed by atoms with van der Waals surface area (Å²) in [6, 6.07) is 10.9. The minimum Gasteiger partial charge on any atom is -0.361 e. The molecule has 0 bridgehead atoms. The lowest BCUT2D eigenvalue weighted by molar-refractivity contribution is 0.0983. The van der Waals surface area contributed by atoms with Crippen LogP contribution in [0.15, 0.2) is 42.6 Å². The summed E-state index contributed by atoms with van der Waals surface area (Å²) in [5.41, 5.74) is 1.35. The first-order valence-corrected chi connectivity index (χ1v) is 8.37. The van der Waals surface area contributed by atoms with Crippen molar-refractivity contribution in [3.8, 4) is 5.69 Å². The van der Waals surface area contributed by atoms with Crippen LogP contribution in [0.5, 0.6) is 0 Å². The predicted octanol–water partition coefficient (Wildman–Crippen LogP) is 2.97. The van der Waals surface area contributed by atoms with Crippen molar-refractivity contribution in [3.63, 3.8) is 0 Å². The lowest BCUT2D eigenvalue weighted by atomic mass is 10.3. The summed E-state index contributed by atoms with van der Waals surface area (Å²) in [7, 11) is 5.43. The zero-order valence-electron chi connectivity index (χ0n) is 15.0. The molecule has 3 aromatic rings. The smallest absolute Gasteiger partial charge is 0.297 e. The second-order valence-electron chi connectivity index (χ2n) is 5.95. The maximum absolute atomic E-state index is 12.9. The largest absolute Gasteiger partial charge is 0.361 e. The molecule has 0 saturated heterocycles. The third kappa shape index (κ3) is 3.25. The monoisotopic (exact) mass is 370 g/mol. The van der Waals surface area contributed by atoms with E-state index >= 15 is 0 Å². The topological polar surface area (TPSA) is 67.2 Å². The Morgan fingerprint density at radius 2 is 1.85 bits per heavy atom. The first-order chi connectivity index (χ1) is 12.4. The van der Waals surface area contributed by atoms with Gasteiger partial charge >= 0.3 is 0 Å². The Bertz CT molecular complexity index is 952. The van der Waals surface area contributed by atoms with Crippen molar-refractivity contribution in [3.05, 3.63) is 59.3 Å². The standard InChI is InChI=1S/C18H19ClN6O/c1-12-21-16(22-25(12)14-9-6-5-8-13(14)19)18(26)24(4)15-10-7-11-20-17(15)23(2)3/h5-11H,1-4H3. The summed E-state index contributed by atoms with van der Waals surface area (Å²) in [6.07, 6.45) is 1.69. The number of amides is 1. The molecule has 0 unspecified atom stereocenters. The van der Waals surface area contributed by atoms with Gasteiger partial charge in [-0.2, -0.15) is 0 Å². The van der Waals surface area contributed by atoms with Crippen molar-refractivity contribution in [2.75, 3.05) is 30.9 Å². The van der Waals surface area contributed by atoms with Crippen LogP contribution in [0.2, 0.25) is 5.02 Å². The van der Waals surface area contributed by atoms with Gasteiger partial charge in [0.2, 0.25) is 5.82 Å². The highest BCUT2D eigenvalue weighted by atomic mass is 35.5. The van der Waals surface area contributed by atoms with Gasteiger partial charge in [0, 0.05) is 27.3 Å². The lowest BCUT2D eigenvalue weighted by Gasteiger charge is -2.22. The summed E-state index contributed by atoms with van der Waals surface area (Å²) in [4.78, 5) is 24.9. The molecular formula is C18H19ClN6O. The van der Waals surface area contributed by atoms with Gasteiger partial charge in [-0.3, -0.25) is 4.79 Å². The molecule has 7 nitrogen and oxygen atoms in total. The molecule has 1 amide bonds. The fourth-order valence-electron chi connectivity index (χ4n) is 2.59. The molecule has 26 heavy (non-hydrogen) atoms. The van der Waals surface area contributed by atoms with Crippen LogP contribution in [0.4, 0.5) is 11.5 Å². The van der Waals surface area contributed by atoms with E-state index in [4.69, 9.17) is 11.6 Å². The summed E-state index contributed by atoms with van der Waals surface area (Å²) < 4.78 is 1.57. The van der Waals surface area contributed by atoms with Gasteiger partial charge in [0.1, 0.15) is 5.82 Å². The highest BCUT2D eigenvalue weighted by molar-refractivity contribution is 6.32. The van der Waals surface area contributed by atoms with E-state index in [0.29, 0.717) is 28.0 Å². The van der Waals surface area contributed by atoms with E-state index in [0.717, 1.165) is 0 Å². The van der Waals surface area contributed by atoms with E-state index in [9.17, 15) is 4.79 Å². The van der Waals surface area contributed by atoms with Crippen LogP contribution in [-0.4, -0.2) is 46.8 Å². The van der Waals surface area contributed by atoms with Gasteiger partial charge in [-0.15, -0.1) is 5.10 Å². The summed E-state index contributed by atoms with van der Waals surface area (Å²) in [6.45, 7) is 1.78. The molecule has 0 aliphatic rings. The molecule has 2 heterocycles. The summed E-state index contributed by atoms with van der Waals surface area (Å²) in [5, 5.41) is 4.89. The Labute approximate surface area is 156 Å². The number of hydrogen-bond donors (Lipinski definition) is 0. The summed E-state index contributed by atoms with van der Waals surface area (Å²) >= 11 is 6.24.